The van der Waals surface area contributed by atoms with Crippen molar-refractivity contribution < 1.29 is 38.1 Å². The second-order valence-electron chi connectivity index (χ2n) is 13.2. The fraction of sp³-hybridized carbons (Fsp3) is 0.349. The fourth-order valence-electron chi connectivity index (χ4n) is 6.98. The summed E-state index contributed by atoms with van der Waals surface area (Å²) >= 11 is 0. The first-order valence-electron chi connectivity index (χ1n) is 18.1. The number of carbonyl (C=O) groups excluding carboxylic acids is 4. The van der Waals surface area contributed by atoms with Gasteiger partial charge in [-0.25, -0.2) is 0 Å². The predicted octanol–water partition coefficient (Wildman–Crippen LogP) is 7.66. The van der Waals surface area contributed by atoms with E-state index in [-0.39, 0.29) is 31.3 Å². The van der Waals surface area contributed by atoms with Gasteiger partial charge in [0.2, 0.25) is 11.8 Å². The Hall–Kier alpha value is -5.64. The molecule has 1 saturated carbocycles. The van der Waals surface area contributed by atoms with Crippen LogP contribution in [0, 0.1) is 23.7 Å². The second kappa shape index (κ2) is 18.7. The molecule has 0 saturated heterocycles. The molecule has 4 atom stereocenters. The van der Waals surface area contributed by atoms with Crippen LogP contribution in [-0.4, -0.2) is 60.9 Å². The fourth-order valence-corrected chi connectivity index (χ4v) is 6.98. The van der Waals surface area contributed by atoms with Gasteiger partial charge in [-0.15, -0.1) is 0 Å². The molecule has 10 heteroatoms. The number of methoxy groups -OCH3 is 2. The lowest BCUT2D eigenvalue weighted by molar-refractivity contribution is -0.183. The Kier molecular flexibility index (Phi) is 13.6. The van der Waals surface area contributed by atoms with Gasteiger partial charge in [-0.3, -0.25) is 19.2 Å². The molecule has 5 rings (SSSR count). The first-order chi connectivity index (χ1) is 25.8. The van der Waals surface area contributed by atoms with Crippen molar-refractivity contribution in [1.29, 1.82) is 0 Å². The number of benzene rings is 4. The number of rotatable bonds is 17. The standard InChI is InChI=1S/C43H48N2O8/c1-5-25-44(28-30-17-21-34(22-18-30)52-32-13-9-7-10-14-32)41(47)38-36(27-37(46)50-3)39(43(49)51-4)40(38)42(48)45(26-6-2)29-31-19-23-35(24-20-31)53-33-15-11-8-12-16-33/h7-24,36,38-40H,5-6,25-29H2,1-4H3/t36-,38+,39+,40-/m1/s1. The Morgan fingerprint density at radius 3 is 1.34 bits per heavy atom. The molecule has 0 aromatic heterocycles. The molecule has 0 heterocycles. The minimum atomic E-state index is -1.02. The average molecular weight is 721 g/mol. The first-order valence-corrected chi connectivity index (χ1v) is 18.1. The van der Waals surface area contributed by atoms with Crippen molar-refractivity contribution in [1.82, 2.24) is 9.80 Å². The Morgan fingerprint density at radius 2 is 0.943 bits per heavy atom. The molecule has 278 valence electrons. The van der Waals surface area contributed by atoms with Gasteiger partial charge in [0.15, 0.2) is 0 Å². The molecule has 0 bridgehead atoms. The van der Waals surface area contributed by atoms with Gasteiger partial charge in [0, 0.05) is 32.6 Å². The number of hydrogen-bond donors (Lipinski definition) is 0. The third-order valence-corrected chi connectivity index (χ3v) is 9.53. The minimum Gasteiger partial charge on any atom is -0.469 e. The molecule has 53 heavy (non-hydrogen) atoms. The van der Waals surface area contributed by atoms with Gasteiger partial charge in [-0.1, -0.05) is 74.5 Å². The predicted molar refractivity (Wildman–Crippen MR) is 200 cm³/mol. The largest absolute Gasteiger partial charge is 0.469 e. The van der Waals surface area contributed by atoms with Gasteiger partial charge in [-0.05, 0) is 78.4 Å². The highest BCUT2D eigenvalue weighted by Crippen LogP contribution is 2.51. The zero-order valence-corrected chi connectivity index (χ0v) is 30.8. The minimum absolute atomic E-state index is 0.196. The lowest BCUT2D eigenvalue weighted by Crippen LogP contribution is -2.62. The Morgan fingerprint density at radius 1 is 0.528 bits per heavy atom. The van der Waals surface area contributed by atoms with Gasteiger partial charge >= 0.3 is 11.9 Å². The molecule has 1 aliphatic rings. The van der Waals surface area contributed by atoms with E-state index in [4.69, 9.17) is 18.9 Å². The van der Waals surface area contributed by atoms with E-state index in [1.54, 1.807) is 9.80 Å². The monoisotopic (exact) mass is 720 g/mol. The maximum absolute atomic E-state index is 14.6. The van der Waals surface area contributed by atoms with Crippen LogP contribution in [0.2, 0.25) is 0 Å². The molecule has 0 unspecified atom stereocenters. The van der Waals surface area contributed by atoms with Crippen LogP contribution >= 0.6 is 0 Å². The van der Waals surface area contributed by atoms with E-state index in [9.17, 15) is 19.2 Å². The van der Waals surface area contributed by atoms with Gasteiger partial charge < -0.3 is 28.7 Å². The zero-order valence-electron chi connectivity index (χ0n) is 30.8. The Labute approximate surface area is 311 Å². The summed E-state index contributed by atoms with van der Waals surface area (Å²) in [5.74, 6) is -2.77. The Bertz CT molecular complexity index is 1800. The van der Waals surface area contributed by atoms with Crippen molar-refractivity contribution in [2.75, 3.05) is 27.3 Å². The number of nitrogens with zero attached hydrogens (tertiary/aromatic N) is 2. The number of ether oxygens (including phenoxy) is 4. The van der Waals surface area contributed by atoms with E-state index >= 15 is 0 Å². The van der Waals surface area contributed by atoms with Crippen LogP contribution in [0.4, 0.5) is 0 Å². The van der Waals surface area contributed by atoms with Crippen LogP contribution in [-0.2, 0) is 41.7 Å². The summed E-state index contributed by atoms with van der Waals surface area (Å²) in [4.78, 5) is 58.6. The van der Waals surface area contributed by atoms with Gasteiger partial charge in [0.25, 0.3) is 0 Å². The third-order valence-electron chi connectivity index (χ3n) is 9.53. The van der Waals surface area contributed by atoms with Crippen molar-refractivity contribution in [3.8, 4) is 23.0 Å². The molecule has 0 aliphatic heterocycles. The summed E-state index contributed by atoms with van der Waals surface area (Å²) in [6.45, 7) is 5.31. The van der Waals surface area contributed by atoms with E-state index in [2.05, 4.69) is 0 Å². The van der Waals surface area contributed by atoms with Crippen LogP contribution < -0.4 is 9.47 Å². The van der Waals surface area contributed by atoms with Crippen LogP contribution in [0.1, 0.15) is 44.2 Å². The first kappa shape index (κ1) is 38.6. The van der Waals surface area contributed by atoms with Crippen LogP contribution in [0.3, 0.4) is 0 Å². The molecule has 2 amide bonds. The summed E-state index contributed by atoms with van der Waals surface area (Å²) in [5.41, 5.74) is 1.73. The summed E-state index contributed by atoms with van der Waals surface area (Å²) in [6.07, 6.45) is 1.13. The summed E-state index contributed by atoms with van der Waals surface area (Å²) in [6, 6.07) is 33.9. The normalized spacial score (nSPS) is 17.5. The van der Waals surface area contributed by atoms with E-state index in [1.165, 1.54) is 14.2 Å². The maximum Gasteiger partial charge on any atom is 0.309 e. The van der Waals surface area contributed by atoms with Gasteiger partial charge in [-0.2, -0.15) is 0 Å². The molecular formula is C43H48N2O8. The number of amides is 2. The van der Waals surface area contributed by atoms with Gasteiger partial charge in [0.05, 0.1) is 32.0 Å². The average Bonchev–Trinajstić information content (AvgIpc) is 3.17. The smallest absolute Gasteiger partial charge is 0.309 e. The molecule has 1 fully saturated rings. The second-order valence-corrected chi connectivity index (χ2v) is 13.2. The highest BCUT2D eigenvalue weighted by atomic mass is 16.5. The SMILES string of the molecule is CCCN(Cc1ccc(Oc2ccccc2)cc1)C(=O)[C@H]1[C@@H](C(=O)OC)[C@H](CC(=O)OC)[C@@H]1C(=O)N(CCC)Cc1ccc(Oc2ccccc2)cc1. The quantitative estimate of drug-likeness (QED) is 0.102. The summed E-state index contributed by atoms with van der Waals surface area (Å²) in [5, 5.41) is 0. The number of hydrogen-bond acceptors (Lipinski definition) is 8. The number of para-hydroxylation sites is 2. The summed E-state index contributed by atoms with van der Waals surface area (Å²) < 4.78 is 22.0. The van der Waals surface area contributed by atoms with E-state index in [0.717, 1.165) is 11.1 Å². The Balaban J connectivity index is 1.39. The summed E-state index contributed by atoms with van der Waals surface area (Å²) in [7, 11) is 2.52. The molecule has 4 aromatic rings. The van der Waals surface area contributed by atoms with E-state index in [0.29, 0.717) is 48.9 Å². The molecule has 0 N–H and O–H groups in total. The molecule has 0 radical (unpaired) electrons. The molecule has 1 aliphatic carbocycles. The van der Waals surface area contributed by atoms with Crippen molar-refractivity contribution in [3.05, 3.63) is 120 Å². The number of esters is 2. The van der Waals surface area contributed by atoms with Crippen LogP contribution in [0.15, 0.2) is 109 Å². The lowest BCUT2D eigenvalue weighted by atomic mass is 9.54. The van der Waals surface area contributed by atoms with Crippen molar-refractivity contribution in [2.45, 2.75) is 46.2 Å². The highest BCUT2D eigenvalue weighted by molar-refractivity contribution is 5.96. The highest BCUT2D eigenvalue weighted by Gasteiger charge is 2.62. The van der Waals surface area contributed by atoms with E-state index < -0.39 is 35.6 Å². The van der Waals surface area contributed by atoms with E-state index in [1.807, 2.05) is 123 Å². The maximum atomic E-state index is 14.6. The van der Waals surface area contributed by atoms with Crippen LogP contribution in [0.5, 0.6) is 23.0 Å². The third kappa shape index (κ3) is 9.83. The van der Waals surface area contributed by atoms with Crippen LogP contribution in [0.25, 0.3) is 0 Å². The topological polar surface area (TPSA) is 112 Å². The zero-order chi connectivity index (χ0) is 37.7. The van der Waals surface area contributed by atoms with Gasteiger partial charge in [0.1, 0.15) is 23.0 Å². The molecular weight excluding hydrogens is 672 g/mol. The molecule has 0 spiro atoms. The van der Waals surface area contributed by atoms with Crippen molar-refractivity contribution in [2.24, 2.45) is 23.7 Å². The molecule has 4 aromatic carbocycles. The molecule has 10 nitrogen and oxygen atoms in total. The van der Waals surface area contributed by atoms with Crippen molar-refractivity contribution >= 4 is 23.8 Å². The number of carbonyl (C=O) groups is 4. The van der Waals surface area contributed by atoms with Crippen molar-refractivity contribution in [3.63, 3.8) is 0 Å². The lowest BCUT2D eigenvalue weighted by Gasteiger charge is -2.50.